The van der Waals surface area contributed by atoms with Crippen LogP contribution in [0.5, 0.6) is 11.5 Å². The topological polar surface area (TPSA) is 103 Å². The van der Waals surface area contributed by atoms with Crippen molar-refractivity contribution in [2.75, 3.05) is 6.61 Å². The predicted molar refractivity (Wildman–Crippen MR) is 139 cm³/mol. The molecule has 8 nitrogen and oxygen atoms in total. The SMILES string of the molecule is CCCc1nc2ccc(Br)cc2c(=O)n1N=Cc1cc(OCC)c(O[C@@H](C)C(=O)O)c(Cl)c1Br. The van der Waals surface area contributed by atoms with E-state index in [0.29, 0.717) is 39.8 Å². The van der Waals surface area contributed by atoms with E-state index in [4.69, 9.17) is 21.1 Å². The van der Waals surface area contributed by atoms with Gasteiger partial charge in [0, 0.05) is 20.9 Å². The molecule has 34 heavy (non-hydrogen) atoms. The number of rotatable bonds is 9. The quantitative estimate of drug-likeness (QED) is 0.312. The largest absolute Gasteiger partial charge is 0.490 e. The lowest BCUT2D eigenvalue weighted by atomic mass is 10.2. The number of aromatic nitrogens is 2. The van der Waals surface area contributed by atoms with Gasteiger partial charge in [-0.1, -0.05) is 34.5 Å². The van der Waals surface area contributed by atoms with Crippen molar-refractivity contribution in [1.29, 1.82) is 0 Å². The van der Waals surface area contributed by atoms with E-state index in [0.717, 1.165) is 10.9 Å². The van der Waals surface area contributed by atoms with Crippen LogP contribution in [0.25, 0.3) is 10.9 Å². The van der Waals surface area contributed by atoms with Crippen LogP contribution in [0.3, 0.4) is 0 Å². The van der Waals surface area contributed by atoms with Gasteiger partial charge in [0.05, 0.1) is 23.7 Å². The number of hydrogen-bond acceptors (Lipinski definition) is 6. The highest BCUT2D eigenvalue weighted by Crippen LogP contribution is 2.42. The van der Waals surface area contributed by atoms with Crippen LogP contribution in [0.15, 0.2) is 43.1 Å². The summed E-state index contributed by atoms with van der Waals surface area (Å²) in [6.45, 7) is 5.47. The molecule has 2 aromatic carbocycles. The van der Waals surface area contributed by atoms with E-state index in [1.54, 1.807) is 25.1 Å². The van der Waals surface area contributed by atoms with Gasteiger partial charge in [-0.15, -0.1) is 0 Å². The zero-order valence-corrected chi connectivity index (χ0v) is 22.6. The first kappa shape index (κ1) is 26.2. The summed E-state index contributed by atoms with van der Waals surface area (Å²) in [7, 11) is 0. The Morgan fingerprint density at radius 3 is 2.71 bits per heavy atom. The molecule has 3 rings (SSSR count). The number of ether oxygens (including phenoxy) is 2. The van der Waals surface area contributed by atoms with Gasteiger partial charge in [0.1, 0.15) is 10.8 Å². The third-order valence-electron chi connectivity index (χ3n) is 4.76. The smallest absolute Gasteiger partial charge is 0.344 e. The molecular weight excluding hydrogens is 594 g/mol. The van der Waals surface area contributed by atoms with Gasteiger partial charge >= 0.3 is 5.97 Å². The fourth-order valence-electron chi connectivity index (χ4n) is 3.12. The minimum Gasteiger partial charge on any atom is -0.490 e. The third kappa shape index (κ3) is 5.61. The van der Waals surface area contributed by atoms with Gasteiger partial charge in [-0.05, 0) is 60.5 Å². The normalized spacial score (nSPS) is 12.3. The van der Waals surface area contributed by atoms with Crippen molar-refractivity contribution in [3.8, 4) is 11.5 Å². The Kier molecular flexibility index (Phi) is 8.72. The lowest BCUT2D eigenvalue weighted by Gasteiger charge is -2.18. The maximum Gasteiger partial charge on any atom is 0.344 e. The van der Waals surface area contributed by atoms with E-state index < -0.39 is 12.1 Å². The van der Waals surface area contributed by atoms with E-state index in [1.165, 1.54) is 17.8 Å². The Labute approximate surface area is 217 Å². The molecule has 1 aromatic heterocycles. The highest BCUT2D eigenvalue weighted by atomic mass is 79.9. The summed E-state index contributed by atoms with van der Waals surface area (Å²) >= 11 is 13.3. The Hall–Kier alpha value is -2.43. The highest BCUT2D eigenvalue weighted by molar-refractivity contribution is 9.10. The molecule has 3 aromatic rings. The second kappa shape index (κ2) is 11.3. The zero-order chi connectivity index (χ0) is 25.0. The summed E-state index contributed by atoms with van der Waals surface area (Å²) in [4.78, 5) is 29.1. The van der Waals surface area contributed by atoms with Crippen molar-refractivity contribution in [2.24, 2.45) is 5.10 Å². The van der Waals surface area contributed by atoms with Gasteiger partial charge in [-0.25, -0.2) is 9.78 Å². The van der Waals surface area contributed by atoms with Crippen molar-refractivity contribution in [3.05, 3.63) is 60.0 Å². The van der Waals surface area contributed by atoms with Gasteiger partial charge in [0.25, 0.3) is 5.56 Å². The Balaban J connectivity index is 2.13. The number of fused-ring (bicyclic) bond motifs is 1. The van der Waals surface area contributed by atoms with E-state index in [1.807, 2.05) is 13.0 Å². The summed E-state index contributed by atoms with van der Waals surface area (Å²) in [6, 6.07) is 6.95. The lowest BCUT2D eigenvalue weighted by Crippen LogP contribution is -2.23. The van der Waals surface area contributed by atoms with Crippen LogP contribution in [0.1, 0.15) is 38.6 Å². The monoisotopic (exact) mass is 613 g/mol. The Morgan fingerprint density at radius 1 is 1.32 bits per heavy atom. The molecule has 0 saturated carbocycles. The Bertz CT molecular complexity index is 1330. The molecule has 0 amide bonds. The van der Waals surface area contributed by atoms with Gasteiger partial charge in [0.2, 0.25) is 0 Å². The highest BCUT2D eigenvalue weighted by Gasteiger charge is 2.22. The number of halogens is 3. The molecule has 0 aliphatic heterocycles. The molecule has 1 N–H and O–H groups in total. The number of benzene rings is 2. The van der Waals surface area contributed by atoms with Crippen molar-refractivity contribution in [1.82, 2.24) is 9.66 Å². The lowest BCUT2D eigenvalue weighted by molar-refractivity contribution is -0.144. The number of carboxylic acids is 1. The first-order chi connectivity index (χ1) is 16.2. The first-order valence-corrected chi connectivity index (χ1v) is 12.4. The summed E-state index contributed by atoms with van der Waals surface area (Å²) in [5.74, 6) is -0.255. The zero-order valence-electron chi connectivity index (χ0n) is 18.6. The number of carboxylic acid groups (broad SMARTS) is 1. The predicted octanol–water partition coefficient (Wildman–Crippen LogP) is 5.66. The van der Waals surface area contributed by atoms with E-state index in [9.17, 15) is 14.7 Å². The van der Waals surface area contributed by atoms with E-state index in [-0.39, 0.29) is 22.1 Å². The summed E-state index contributed by atoms with van der Waals surface area (Å²) < 4.78 is 13.6. The molecule has 0 saturated heterocycles. The van der Waals surface area contributed by atoms with E-state index >= 15 is 0 Å². The maximum absolute atomic E-state index is 13.2. The standard InChI is InChI=1S/C23H22Br2ClN3O5/c1-4-6-18-28-16-8-7-14(24)10-15(16)22(30)29(18)27-11-13-9-17(33-5-2)21(20(26)19(13)25)34-12(3)23(31)32/h7-12H,4-6H2,1-3H3,(H,31,32)/t12-/m0/s1. The molecule has 0 unspecified atom stereocenters. The molecule has 0 spiro atoms. The van der Waals surface area contributed by atoms with Crippen LogP contribution in [0, 0.1) is 0 Å². The minimum absolute atomic E-state index is 0.100. The van der Waals surface area contributed by atoms with Crippen molar-refractivity contribution in [2.45, 2.75) is 39.7 Å². The van der Waals surface area contributed by atoms with Gasteiger partial charge in [0.15, 0.2) is 17.6 Å². The molecule has 0 aliphatic carbocycles. The molecule has 0 fully saturated rings. The molecule has 1 atom stereocenters. The van der Waals surface area contributed by atoms with Crippen molar-refractivity contribution < 1.29 is 19.4 Å². The number of hydrogen-bond donors (Lipinski definition) is 1. The average Bonchev–Trinajstić information content (AvgIpc) is 2.79. The van der Waals surface area contributed by atoms with Crippen LogP contribution in [0.2, 0.25) is 5.02 Å². The number of aryl methyl sites for hydroxylation is 1. The molecule has 180 valence electrons. The second-order valence-electron chi connectivity index (χ2n) is 7.25. The summed E-state index contributed by atoms with van der Waals surface area (Å²) in [5, 5.41) is 14.2. The first-order valence-electron chi connectivity index (χ1n) is 10.5. The fraction of sp³-hybridized carbons (Fsp3) is 0.304. The number of nitrogens with zero attached hydrogens (tertiary/aromatic N) is 3. The molecule has 1 heterocycles. The molecule has 0 aliphatic rings. The van der Waals surface area contributed by atoms with Crippen LogP contribution >= 0.6 is 43.5 Å². The van der Waals surface area contributed by atoms with Crippen LogP contribution in [-0.2, 0) is 11.2 Å². The van der Waals surface area contributed by atoms with E-state index in [2.05, 4.69) is 41.9 Å². The number of aliphatic carboxylic acids is 1. The average molecular weight is 616 g/mol. The van der Waals surface area contributed by atoms with Gasteiger partial charge in [-0.3, -0.25) is 4.79 Å². The second-order valence-corrected chi connectivity index (χ2v) is 9.34. The Morgan fingerprint density at radius 2 is 2.06 bits per heavy atom. The van der Waals surface area contributed by atoms with Gasteiger partial charge in [-0.2, -0.15) is 9.78 Å². The minimum atomic E-state index is -1.14. The molecule has 11 heteroatoms. The summed E-state index contributed by atoms with van der Waals surface area (Å²) in [5.41, 5.74) is 0.806. The molecule has 0 bridgehead atoms. The van der Waals surface area contributed by atoms with Crippen molar-refractivity contribution >= 4 is 66.5 Å². The maximum atomic E-state index is 13.2. The van der Waals surface area contributed by atoms with Crippen LogP contribution in [-0.4, -0.2) is 39.7 Å². The van der Waals surface area contributed by atoms with Gasteiger partial charge < -0.3 is 14.6 Å². The molecule has 0 radical (unpaired) electrons. The number of carbonyl (C=O) groups is 1. The third-order valence-corrected chi connectivity index (χ3v) is 6.70. The van der Waals surface area contributed by atoms with Crippen LogP contribution < -0.4 is 15.0 Å². The van der Waals surface area contributed by atoms with Crippen LogP contribution in [0.4, 0.5) is 0 Å². The summed E-state index contributed by atoms with van der Waals surface area (Å²) in [6.07, 6.45) is 1.67. The fourth-order valence-corrected chi connectivity index (χ4v) is 4.12. The van der Waals surface area contributed by atoms with Crippen molar-refractivity contribution in [3.63, 3.8) is 0 Å². The molecular formula is C23H22Br2ClN3O5.